The SMILES string of the molecule is CCCNCCNS(=O)(=O)c1ccc(Br)cc1F. The summed E-state index contributed by atoms with van der Waals surface area (Å²) in [5, 5.41) is 3.05. The van der Waals surface area contributed by atoms with Gasteiger partial charge in [-0.05, 0) is 31.2 Å². The molecule has 0 bridgehead atoms. The van der Waals surface area contributed by atoms with E-state index in [2.05, 4.69) is 26.0 Å². The molecule has 0 aromatic heterocycles. The van der Waals surface area contributed by atoms with E-state index in [1.807, 2.05) is 6.92 Å². The summed E-state index contributed by atoms with van der Waals surface area (Å²) < 4.78 is 40.0. The van der Waals surface area contributed by atoms with Crippen LogP contribution in [0.15, 0.2) is 27.6 Å². The molecule has 0 aliphatic rings. The summed E-state index contributed by atoms with van der Waals surface area (Å²) in [4.78, 5) is -0.332. The predicted molar refractivity (Wildman–Crippen MR) is 72.4 cm³/mol. The Hall–Kier alpha value is -0.500. The number of sulfonamides is 1. The zero-order valence-electron chi connectivity index (χ0n) is 10.0. The molecule has 1 aromatic rings. The molecule has 18 heavy (non-hydrogen) atoms. The smallest absolute Gasteiger partial charge is 0.243 e. The van der Waals surface area contributed by atoms with Gasteiger partial charge in [-0.3, -0.25) is 0 Å². The van der Waals surface area contributed by atoms with E-state index in [0.29, 0.717) is 11.0 Å². The molecule has 7 heteroatoms. The van der Waals surface area contributed by atoms with Crippen molar-refractivity contribution in [2.75, 3.05) is 19.6 Å². The number of benzene rings is 1. The predicted octanol–water partition coefficient (Wildman–Crippen LogP) is 1.87. The maximum atomic E-state index is 13.5. The lowest BCUT2D eigenvalue weighted by Crippen LogP contribution is -2.32. The van der Waals surface area contributed by atoms with Gasteiger partial charge in [0.15, 0.2) is 0 Å². The Balaban J connectivity index is 2.63. The highest BCUT2D eigenvalue weighted by Crippen LogP contribution is 2.18. The minimum absolute atomic E-state index is 0.234. The average molecular weight is 339 g/mol. The molecular formula is C11H16BrFN2O2S. The molecule has 1 aromatic carbocycles. The molecule has 0 aliphatic heterocycles. The fourth-order valence-electron chi connectivity index (χ4n) is 1.35. The van der Waals surface area contributed by atoms with Crippen molar-refractivity contribution in [1.82, 2.24) is 10.0 Å². The van der Waals surface area contributed by atoms with Crippen LogP contribution in [0.5, 0.6) is 0 Å². The third kappa shape index (κ3) is 4.64. The Bertz CT molecular complexity index is 494. The first kappa shape index (κ1) is 15.6. The van der Waals surface area contributed by atoms with Crippen LogP contribution < -0.4 is 10.0 Å². The first-order valence-corrected chi connectivity index (χ1v) is 7.90. The monoisotopic (exact) mass is 338 g/mol. The molecule has 0 atom stereocenters. The molecule has 0 radical (unpaired) electrons. The molecule has 0 saturated heterocycles. The molecule has 0 spiro atoms. The molecule has 4 nitrogen and oxygen atoms in total. The summed E-state index contributed by atoms with van der Waals surface area (Å²) in [6, 6.07) is 3.86. The van der Waals surface area contributed by atoms with Crippen LogP contribution in [0.3, 0.4) is 0 Å². The van der Waals surface area contributed by atoms with E-state index in [4.69, 9.17) is 0 Å². The van der Waals surface area contributed by atoms with Gasteiger partial charge in [0.05, 0.1) is 0 Å². The highest BCUT2D eigenvalue weighted by atomic mass is 79.9. The molecule has 0 saturated carbocycles. The average Bonchev–Trinajstić information content (AvgIpc) is 2.28. The number of rotatable bonds is 7. The lowest BCUT2D eigenvalue weighted by molar-refractivity contribution is 0.553. The van der Waals surface area contributed by atoms with Gasteiger partial charge in [0, 0.05) is 17.6 Å². The number of nitrogens with one attached hydrogen (secondary N) is 2. The molecule has 0 amide bonds. The summed E-state index contributed by atoms with van der Waals surface area (Å²) in [5.74, 6) is -0.765. The van der Waals surface area contributed by atoms with E-state index < -0.39 is 15.8 Å². The Labute approximate surface area is 115 Å². The maximum absolute atomic E-state index is 13.5. The molecule has 2 N–H and O–H groups in total. The van der Waals surface area contributed by atoms with Gasteiger partial charge >= 0.3 is 0 Å². The van der Waals surface area contributed by atoms with E-state index >= 15 is 0 Å². The van der Waals surface area contributed by atoms with Crippen LogP contribution in [0.1, 0.15) is 13.3 Å². The lowest BCUT2D eigenvalue weighted by atomic mass is 10.3. The van der Waals surface area contributed by atoms with E-state index in [1.165, 1.54) is 12.1 Å². The molecule has 0 fully saturated rings. The number of hydrogen-bond acceptors (Lipinski definition) is 3. The standard InChI is InChI=1S/C11H16BrFN2O2S/c1-2-5-14-6-7-15-18(16,17)11-4-3-9(12)8-10(11)13/h3-4,8,14-15H,2,5-7H2,1H3. The van der Waals surface area contributed by atoms with Gasteiger partial charge in [-0.2, -0.15) is 0 Å². The lowest BCUT2D eigenvalue weighted by Gasteiger charge is -2.08. The second-order valence-corrected chi connectivity index (χ2v) is 6.37. The van der Waals surface area contributed by atoms with Crippen LogP contribution in [0, 0.1) is 5.82 Å². The maximum Gasteiger partial charge on any atom is 0.243 e. The second-order valence-electron chi connectivity index (χ2n) is 3.72. The van der Waals surface area contributed by atoms with Gasteiger partial charge in [-0.1, -0.05) is 22.9 Å². The van der Waals surface area contributed by atoms with E-state index in [9.17, 15) is 12.8 Å². The van der Waals surface area contributed by atoms with Crippen molar-refractivity contribution in [2.45, 2.75) is 18.2 Å². The van der Waals surface area contributed by atoms with Crippen LogP contribution in [-0.2, 0) is 10.0 Å². The van der Waals surface area contributed by atoms with Gasteiger partial charge < -0.3 is 5.32 Å². The van der Waals surface area contributed by atoms with Gasteiger partial charge in [-0.25, -0.2) is 17.5 Å². The van der Waals surface area contributed by atoms with Crippen LogP contribution >= 0.6 is 15.9 Å². The zero-order valence-corrected chi connectivity index (χ0v) is 12.4. The van der Waals surface area contributed by atoms with Crippen LogP contribution in [0.25, 0.3) is 0 Å². The van der Waals surface area contributed by atoms with Gasteiger partial charge in [-0.15, -0.1) is 0 Å². The van der Waals surface area contributed by atoms with Crippen molar-refractivity contribution in [2.24, 2.45) is 0 Å². The molecule has 102 valence electrons. The van der Waals surface area contributed by atoms with Gasteiger partial charge in [0.1, 0.15) is 10.7 Å². The van der Waals surface area contributed by atoms with Crippen molar-refractivity contribution in [3.8, 4) is 0 Å². The molecule has 0 aliphatic carbocycles. The summed E-state index contributed by atoms with van der Waals surface area (Å²) in [7, 11) is -3.78. The van der Waals surface area contributed by atoms with Crippen molar-refractivity contribution in [3.63, 3.8) is 0 Å². The highest BCUT2D eigenvalue weighted by Gasteiger charge is 2.18. The number of hydrogen-bond donors (Lipinski definition) is 2. The Kier molecular flexibility index (Phi) is 6.20. The zero-order chi connectivity index (χ0) is 13.6. The molecular weight excluding hydrogens is 323 g/mol. The van der Waals surface area contributed by atoms with Gasteiger partial charge in [0.25, 0.3) is 0 Å². The van der Waals surface area contributed by atoms with Gasteiger partial charge in [0.2, 0.25) is 10.0 Å². The normalized spacial score (nSPS) is 11.7. The van der Waals surface area contributed by atoms with Crippen LogP contribution in [0.2, 0.25) is 0 Å². The van der Waals surface area contributed by atoms with E-state index in [1.54, 1.807) is 0 Å². The topological polar surface area (TPSA) is 58.2 Å². The Morgan fingerprint density at radius 2 is 2.00 bits per heavy atom. The summed E-state index contributed by atoms with van der Waals surface area (Å²) in [6.07, 6.45) is 0.980. The van der Waals surface area contributed by atoms with Crippen LogP contribution in [0.4, 0.5) is 4.39 Å². The Morgan fingerprint density at radius 3 is 2.61 bits per heavy atom. The minimum Gasteiger partial charge on any atom is -0.315 e. The Morgan fingerprint density at radius 1 is 1.28 bits per heavy atom. The summed E-state index contributed by atoms with van der Waals surface area (Å²) in [5.41, 5.74) is 0. The largest absolute Gasteiger partial charge is 0.315 e. The quantitative estimate of drug-likeness (QED) is 0.746. The fourth-order valence-corrected chi connectivity index (χ4v) is 2.77. The first-order chi connectivity index (χ1) is 8.47. The van der Waals surface area contributed by atoms with Crippen molar-refractivity contribution < 1.29 is 12.8 Å². The molecule has 1 rings (SSSR count). The third-order valence-electron chi connectivity index (χ3n) is 2.20. The van der Waals surface area contributed by atoms with Crippen molar-refractivity contribution in [3.05, 3.63) is 28.5 Å². The van der Waals surface area contributed by atoms with Crippen molar-refractivity contribution >= 4 is 26.0 Å². The third-order valence-corrected chi connectivity index (χ3v) is 4.19. The minimum atomic E-state index is -3.78. The van der Waals surface area contributed by atoms with E-state index in [0.717, 1.165) is 19.0 Å². The fraction of sp³-hybridized carbons (Fsp3) is 0.455. The molecule has 0 heterocycles. The number of halogens is 2. The molecule has 0 unspecified atom stereocenters. The highest BCUT2D eigenvalue weighted by molar-refractivity contribution is 9.10. The summed E-state index contributed by atoms with van der Waals surface area (Å²) in [6.45, 7) is 3.60. The summed E-state index contributed by atoms with van der Waals surface area (Å²) >= 11 is 3.08. The van der Waals surface area contributed by atoms with E-state index in [-0.39, 0.29) is 11.4 Å². The van der Waals surface area contributed by atoms with Crippen LogP contribution in [-0.4, -0.2) is 28.1 Å². The first-order valence-electron chi connectivity index (χ1n) is 5.63. The van der Waals surface area contributed by atoms with Crippen molar-refractivity contribution in [1.29, 1.82) is 0 Å². The second kappa shape index (κ2) is 7.18.